The maximum absolute atomic E-state index is 3.32. The van der Waals surface area contributed by atoms with Crippen molar-refractivity contribution in [2.75, 3.05) is 0 Å². The van der Waals surface area contributed by atoms with Gasteiger partial charge in [0.25, 0.3) is 0 Å². The van der Waals surface area contributed by atoms with Crippen molar-refractivity contribution < 1.29 is 32.7 Å². The Labute approximate surface area is 197 Å². The van der Waals surface area contributed by atoms with Crippen molar-refractivity contribution in [2.45, 2.75) is 48.0 Å². The molecular weight excluding hydrogens is 412 g/mol. The number of hydrogen-bond donors (Lipinski definition) is 0. The molecule has 0 spiro atoms. The van der Waals surface area contributed by atoms with Gasteiger partial charge in [-0.1, -0.05) is 41.5 Å². The second-order valence-electron chi connectivity index (χ2n) is 5.40. The zero-order valence-corrected chi connectivity index (χ0v) is 21.1. The van der Waals surface area contributed by atoms with Crippen LogP contribution in [0.5, 0.6) is 0 Å². The van der Waals surface area contributed by atoms with Gasteiger partial charge in [-0.15, -0.1) is 0 Å². The minimum atomic E-state index is 0. The molecule has 0 aliphatic carbocycles. The van der Waals surface area contributed by atoms with Crippen molar-refractivity contribution in [2.24, 2.45) is 0 Å². The van der Waals surface area contributed by atoms with Gasteiger partial charge in [0, 0.05) is 32.7 Å². The molecule has 1 heterocycles. The van der Waals surface area contributed by atoms with Gasteiger partial charge in [-0.2, -0.15) is 0 Å². The van der Waals surface area contributed by atoms with Crippen LogP contribution in [0.15, 0.2) is 72.8 Å². The topological polar surface area (TPSA) is 0 Å². The van der Waals surface area contributed by atoms with E-state index in [0.29, 0.717) is 0 Å². The van der Waals surface area contributed by atoms with Crippen molar-refractivity contribution >= 4 is 28.2 Å². The summed E-state index contributed by atoms with van der Waals surface area (Å²) in [7, 11) is 0. The molecule has 4 aromatic rings. The van der Waals surface area contributed by atoms with Gasteiger partial charge in [0.05, 0.1) is 0 Å². The predicted molar refractivity (Wildman–Crippen MR) is 125 cm³/mol. The third-order valence-electron chi connectivity index (χ3n) is 3.99. The summed E-state index contributed by atoms with van der Waals surface area (Å²) in [6.07, 6.45) is 0.927. The molecule has 0 aliphatic rings. The minimum absolute atomic E-state index is 0. The fourth-order valence-electron chi connectivity index (χ4n) is 2.93. The molecule has 28 heavy (non-hydrogen) atoms. The van der Waals surface area contributed by atoms with Gasteiger partial charge in [0.2, 0.25) is 0 Å². The van der Waals surface area contributed by atoms with Crippen LogP contribution < -0.4 is 0 Å². The maximum atomic E-state index is 3.32. The van der Waals surface area contributed by atoms with Crippen molar-refractivity contribution in [1.29, 1.82) is 0 Å². The van der Waals surface area contributed by atoms with Crippen LogP contribution in [0.25, 0.3) is 21.3 Å². The molecule has 0 saturated carbocycles. The summed E-state index contributed by atoms with van der Waals surface area (Å²) in [6, 6.07) is 28.9. The van der Waals surface area contributed by atoms with Crippen LogP contribution in [0.2, 0.25) is 0 Å². The predicted octanol–water partition coefficient (Wildman–Crippen LogP) is 7.80. The summed E-state index contributed by atoms with van der Waals surface area (Å²) in [5.74, 6) is 0. The molecular formula is C26H32BY-. The van der Waals surface area contributed by atoms with Crippen molar-refractivity contribution in [1.82, 2.24) is 0 Å². The SMILES string of the molecule is CC.CC.CC.[Y].b1c2ccccc2cc2cccc(Cc3[c-]cccc3)c12. The molecule has 0 saturated heterocycles. The molecule has 0 fully saturated rings. The van der Waals surface area contributed by atoms with Crippen LogP contribution in [0.3, 0.4) is 0 Å². The third-order valence-corrected chi connectivity index (χ3v) is 3.99. The fourth-order valence-corrected chi connectivity index (χ4v) is 2.93. The summed E-state index contributed by atoms with van der Waals surface area (Å²) in [6.45, 7) is 14.3. The van der Waals surface area contributed by atoms with E-state index >= 15 is 0 Å². The second-order valence-corrected chi connectivity index (χ2v) is 5.40. The van der Waals surface area contributed by atoms with E-state index in [9.17, 15) is 0 Å². The van der Waals surface area contributed by atoms with Crippen molar-refractivity contribution in [3.05, 3.63) is 90.0 Å². The molecule has 1 radical (unpaired) electrons. The summed E-state index contributed by atoms with van der Waals surface area (Å²) in [5, 5.41) is 5.25. The third kappa shape index (κ3) is 7.26. The first-order chi connectivity index (χ1) is 13.4. The second kappa shape index (κ2) is 15.6. The van der Waals surface area contributed by atoms with E-state index in [0.717, 1.165) is 6.42 Å². The van der Waals surface area contributed by atoms with E-state index in [1.807, 2.05) is 53.7 Å². The van der Waals surface area contributed by atoms with Crippen molar-refractivity contribution in [3.63, 3.8) is 0 Å². The van der Waals surface area contributed by atoms with Gasteiger partial charge in [0.1, 0.15) is 0 Å². The molecule has 0 N–H and O–H groups in total. The summed E-state index contributed by atoms with van der Waals surface area (Å²) in [5.41, 5.74) is 2.60. The van der Waals surface area contributed by atoms with Gasteiger partial charge < -0.3 is 0 Å². The van der Waals surface area contributed by atoms with Crippen LogP contribution in [-0.4, -0.2) is 6.91 Å². The summed E-state index contributed by atoms with van der Waals surface area (Å²) >= 11 is 0. The van der Waals surface area contributed by atoms with E-state index < -0.39 is 0 Å². The summed E-state index contributed by atoms with van der Waals surface area (Å²) < 4.78 is 0. The first-order valence-corrected chi connectivity index (χ1v) is 10.3. The molecule has 0 bridgehead atoms. The zero-order valence-electron chi connectivity index (χ0n) is 18.3. The molecule has 3 aromatic carbocycles. The Hall–Kier alpha value is -1.30. The Kier molecular flexibility index (Phi) is 14.9. The standard InChI is InChI=1S/C20H14B.3C2H6.Y/c1-2-7-15(8-3-1)13-17-10-6-11-18-14-16-9-4-5-12-19(16)21-20(17)18;3*1-2;/h1-7,9-12,14H,13H2;3*1-2H3;/q-1;;;;. The van der Waals surface area contributed by atoms with Crippen LogP contribution in [0, 0.1) is 6.07 Å². The first kappa shape index (κ1) is 26.7. The molecule has 4 rings (SSSR count). The van der Waals surface area contributed by atoms with Crippen LogP contribution in [0.1, 0.15) is 52.7 Å². The number of benzene rings is 3. The molecule has 0 unspecified atom stereocenters. The molecule has 0 aliphatic heterocycles. The molecule has 2 heteroatoms. The van der Waals surface area contributed by atoms with Gasteiger partial charge in [-0.05, 0) is 0 Å². The molecule has 0 nitrogen and oxygen atoms in total. The van der Waals surface area contributed by atoms with Gasteiger partial charge >= 0.3 is 125 Å². The Bertz CT molecular complexity index is 917. The Morgan fingerprint density at radius 2 is 1.36 bits per heavy atom. The average Bonchev–Trinajstić information content (AvgIpc) is 2.78. The zero-order chi connectivity index (χ0) is 20.1. The van der Waals surface area contributed by atoms with E-state index in [4.69, 9.17) is 0 Å². The van der Waals surface area contributed by atoms with Crippen LogP contribution in [0.4, 0.5) is 0 Å². The number of rotatable bonds is 2. The van der Waals surface area contributed by atoms with Crippen LogP contribution in [-0.2, 0) is 39.1 Å². The quantitative estimate of drug-likeness (QED) is 0.219. The first-order valence-electron chi connectivity index (χ1n) is 10.3. The van der Waals surface area contributed by atoms with E-state index in [-0.39, 0.29) is 32.7 Å². The Balaban J connectivity index is 0.000000957. The van der Waals surface area contributed by atoms with Crippen LogP contribution >= 0.6 is 0 Å². The molecule has 0 amide bonds. The van der Waals surface area contributed by atoms with E-state index in [2.05, 4.69) is 73.6 Å². The van der Waals surface area contributed by atoms with E-state index in [1.54, 1.807) is 0 Å². The number of hydrogen-bond acceptors (Lipinski definition) is 0. The van der Waals surface area contributed by atoms with E-state index in [1.165, 1.54) is 32.5 Å². The van der Waals surface area contributed by atoms with Crippen molar-refractivity contribution in [3.8, 4) is 0 Å². The van der Waals surface area contributed by atoms with Gasteiger partial charge in [-0.3, -0.25) is 0 Å². The Morgan fingerprint density at radius 3 is 2.04 bits per heavy atom. The molecule has 0 atom stereocenters. The number of fused-ring (bicyclic) bond motifs is 2. The Morgan fingerprint density at radius 1 is 0.714 bits per heavy atom. The average molecular weight is 444 g/mol. The molecule has 1 aromatic heterocycles. The summed E-state index contributed by atoms with van der Waals surface area (Å²) in [4.78, 5) is 0. The van der Waals surface area contributed by atoms with Gasteiger partial charge in [-0.25, -0.2) is 0 Å². The normalized spacial score (nSPS) is 8.79. The monoisotopic (exact) mass is 444 g/mol. The fraction of sp³-hybridized carbons (Fsp3) is 0.269. The molecule has 143 valence electrons. The van der Waals surface area contributed by atoms with Gasteiger partial charge in [0.15, 0.2) is 0 Å².